The number of hydrogen-bond acceptors (Lipinski definition) is 3. The number of urea groups is 1. The van der Waals surface area contributed by atoms with Gasteiger partial charge in [0.25, 0.3) is 0 Å². The van der Waals surface area contributed by atoms with E-state index in [9.17, 15) is 9.59 Å². The van der Waals surface area contributed by atoms with Crippen LogP contribution >= 0.6 is 0 Å². The summed E-state index contributed by atoms with van der Waals surface area (Å²) in [6, 6.07) is -1.11. The molecular weight excluding hydrogens is 234 g/mol. The number of amides is 2. The Bertz CT molecular complexity index is 309. The van der Waals surface area contributed by atoms with Crippen molar-refractivity contribution in [1.29, 1.82) is 0 Å². The van der Waals surface area contributed by atoms with Crippen LogP contribution in [0.3, 0.4) is 0 Å². The highest BCUT2D eigenvalue weighted by Crippen LogP contribution is 2.15. The van der Waals surface area contributed by atoms with Gasteiger partial charge >= 0.3 is 12.0 Å². The van der Waals surface area contributed by atoms with Crippen molar-refractivity contribution < 1.29 is 14.7 Å². The van der Waals surface area contributed by atoms with Gasteiger partial charge in [-0.15, -0.1) is 0 Å². The minimum absolute atomic E-state index is 0.307. The molecule has 0 aromatic carbocycles. The lowest BCUT2D eigenvalue weighted by atomic mass is 10.1. The molecule has 1 fully saturated rings. The largest absolute Gasteiger partial charge is 0.480 e. The van der Waals surface area contributed by atoms with Crippen molar-refractivity contribution in [3.8, 4) is 0 Å². The highest BCUT2D eigenvalue weighted by atomic mass is 16.4. The van der Waals surface area contributed by atoms with Gasteiger partial charge in [0.15, 0.2) is 0 Å². The monoisotopic (exact) mass is 257 g/mol. The summed E-state index contributed by atoms with van der Waals surface area (Å²) in [5, 5.41) is 11.4. The van der Waals surface area contributed by atoms with Gasteiger partial charge in [-0.1, -0.05) is 6.92 Å². The summed E-state index contributed by atoms with van der Waals surface area (Å²) in [7, 11) is 3.78. The summed E-state index contributed by atoms with van der Waals surface area (Å²) in [5.74, 6) is -0.504. The highest BCUT2D eigenvalue weighted by molar-refractivity contribution is 5.82. The van der Waals surface area contributed by atoms with Crippen LogP contribution in [0, 0.1) is 5.92 Å². The lowest BCUT2D eigenvalue weighted by molar-refractivity contribution is -0.139. The van der Waals surface area contributed by atoms with Crippen LogP contribution in [0.15, 0.2) is 0 Å². The van der Waals surface area contributed by atoms with Gasteiger partial charge < -0.3 is 20.2 Å². The zero-order chi connectivity index (χ0) is 13.7. The molecule has 1 heterocycles. The molecule has 0 bridgehead atoms. The molecule has 0 saturated carbocycles. The van der Waals surface area contributed by atoms with Crippen LogP contribution in [-0.4, -0.2) is 66.7 Å². The molecule has 0 radical (unpaired) electrons. The van der Waals surface area contributed by atoms with Crippen LogP contribution in [0.1, 0.15) is 19.8 Å². The number of likely N-dealkylation sites (tertiary alicyclic amines) is 1. The first-order valence-electron chi connectivity index (χ1n) is 6.37. The smallest absolute Gasteiger partial charge is 0.326 e. The fourth-order valence-electron chi connectivity index (χ4n) is 2.24. The predicted molar refractivity (Wildman–Crippen MR) is 68.5 cm³/mol. The third kappa shape index (κ3) is 4.18. The normalized spacial score (nSPS) is 21.6. The number of hydrogen-bond donors (Lipinski definition) is 2. The first kappa shape index (κ1) is 14.8. The zero-order valence-electron chi connectivity index (χ0n) is 11.3. The van der Waals surface area contributed by atoms with E-state index in [0.717, 1.165) is 19.5 Å². The topological polar surface area (TPSA) is 72.9 Å². The molecule has 1 rings (SSSR count). The van der Waals surface area contributed by atoms with Gasteiger partial charge in [0.05, 0.1) is 0 Å². The molecule has 2 N–H and O–H groups in total. The molecule has 0 aromatic rings. The molecule has 1 saturated heterocycles. The maximum Gasteiger partial charge on any atom is 0.326 e. The molecule has 2 amide bonds. The molecule has 104 valence electrons. The van der Waals surface area contributed by atoms with Gasteiger partial charge in [-0.05, 0) is 32.4 Å². The number of carbonyl (C=O) groups excluding carboxylic acids is 1. The van der Waals surface area contributed by atoms with Gasteiger partial charge in [-0.3, -0.25) is 0 Å². The molecule has 1 unspecified atom stereocenters. The molecule has 0 spiro atoms. The minimum Gasteiger partial charge on any atom is -0.480 e. The van der Waals surface area contributed by atoms with E-state index in [1.54, 1.807) is 18.9 Å². The van der Waals surface area contributed by atoms with Crippen molar-refractivity contribution >= 4 is 12.0 Å². The van der Waals surface area contributed by atoms with E-state index in [4.69, 9.17) is 5.11 Å². The van der Waals surface area contributed by atoms with Crippen molar-refractivity contribution in [2.24, 2.45) is 5.92 Å². The quantitative estimate of drug-likeness (QED) is 0.749. The number of rotatable bonds is 5. The number of carboxylic acid groups (broad SMARTS) is 1. The van der Waals surface area contributed by atoms with Crippen LogP contribution in [0.2, 0.25) is 0 Å². The Hall–Kier alpha value is -1.30. The van der Waals surface area contributed by atoms with Gasteiger partial charge in [-0.2, -0.15) is 0 Å². The average molecular weight is 257 g/mol. The van der Waals surface area contributed by atoms with E-state index in [-0.39, 0.29) is 6.03 Å². The third-order valence-corrected chi connectivity index (χ3v) is 3.37. The third-order valence-electron chi connectivity index (χ3n) is 3.37. The Kier molecular flexibility index (Phi) is 5.40. The summed E-state index contributed by atoms with van der Waals surface area (Å²) in [5.41, 5.74) is 0. The molecule has 18 heavy (non-hydrogen) atoms. The second kappa shape index (κ2) is 6.58. The summed E-state index contributed by atoms with van der Waals surface area (Å²) >= 11 is 0. The Morgan fingerprint density at radius 3 is 2.67 bits per heavy atom. The molecule has 2 atom stereocenters. The van der Waals surface area contributed by atoms with Gasteiger partial charge in [-0.25, -0.2) is 9.59 Å². The summed E-state index contributed by atoms with van der Waals surface area (Å²) in [6.45, 7) is 4.47. The van der Waals surface area contributed by atoms with E-state index in [0.29, 0.717) is 18.9 Å². The van der Waals surface area contributed by atoms with E-state index in [2.05, 4.69) is 17.3 Å². The summed E-state index contributed by atoms with van der Waals surface area (Å²) in [4.78, 5) is 26.5. The van der Waals surface area contributed by atoms with Gasteiger partial charge in [0, 0.05) is 20.1 Å². The number of carbonyl (C=O) groups is 2. The standard InChI is InChI=1S/C12H23N3O3/c1-4-10(11(16)17)13-12(18)15(3)8-9-5-6-14(2)7-9/h9-10H,4-8H2,1-3H3,(H,13,18)(H,16,17)/t9?,10-/m0/s1. The maximum absolute atomic E-state index is 11.8. The fourth-order valence-corrected chi connectivity index (χ4v) is 2.24. The second-order valence-electron chi connectivity index (χ2n) is 5.05. The fraction of sp³-hybridized carbons (Fsp3) is 0.833. The summed E-state index contributed by atoms with van der Waals surface area (Å²) < 4.78 is 0. The lowest BCUT2D eigenvalue weighted by Gasteiger charge is -2.23. The molecule has 0 aromatic heterocycles. The molecule has 0 aliphatic carbocycles. The average Bonchev–Trinajstić information content (AvgIpc) is 2.70. The number of carboxylic acids is 1. The van der Waals surface area contributed by atoms with Crippen LogP contribution in [-0.2, 0) is 4.79 Å². The Morgan fingerprint density at radius 2 is 2.22 bits per heavy atom. The maximum atomic E-state index is 11.8. The molecular formula is C12H23N3O3. The molecule has 1 aliphatic rings. The van der Waals surface area contributed by atoms with Crippen LogP contribution < -0.4 is 5.32 Å². The van der Waals surface area contributed by atoms with Crippen molar-refractivity contribution in [1.82, 2.24) is 15.1 Å². The number of nitrogens with one attached hydrogen (secondary N) is 1. The highest BCUT2D eigenvalue weighted by Gasteiger charge is 2.24. The second-order valence-corrected chi connectivity index (χ2v) is 5.05. The van der Waals surface area contributed by atoms with Crippen molar-refractivity contribution in [2.75, 3.05) is 33.7 Å². The number of aliphatic carboxylic acids is 1. The van der Waals surface area contributed by atoms with Gasteiger partial charge in [0.2, 0.25) is 0 Å². The van der Waals surface area contributed by atoms with E-state index < -0.39 is 12.0 Å². The minimum atomic E-state index is -0.986. The molecule has 6 heteroatoms. The lowest BCUT2D eigenvalue weighted by Crippen LogP contribution is -2.47. The molecule has 1 aliphatic heterocycles. The SMILES string of the molecule is CC[C@H](NC(=O)N(C)CC1CCN(C)C1)C(=O)O. The summed E-state index contributed by atoms with van der Waals surface area (Å²) in [6.07, 6.45) is 1.48. The van der Waals surface area contributed by atoms with Gasteiger partial charge in [0.1, 0.15) is 6.04 Å². The first-order valence-corrected chi connectivity index (χ1v) is 6.37. The Morgan fingerprint density at radius 1 is 1.56 bits per heavy atom. The zero-order valence-corrected chi connectivity index (χ0v) is 11.3. The van der Waals surface area contributed by atoms with E-state index >= 15 is 0 Å². The Balaban J connectivity index is 2.38. The van der Waals surface area contributed by atoms with E-state index in [1.807, 2.05) is 0 Å². The van der Waals surface area contributed by atoms with Crippen LogP contribution in [0.25, 0.3) is 0 Å². The van der Waals surface area contributed by atoms with Crippen molar-refractivity contribution in [3.05, 3.63) is 0 Å². The van der Waals surface area contributed by atoms with E-state index in [1.165, 1.54) is 0 Å². The van der Waals surface area contributed by atoms with Crippen LogP contribution in [0.4, 0.5) is 4.79 Å². The Labute approximate surface area is 108 Å². The van der Waals surface area contributed by atoms with Crippen molar-refractivity contribution in [3.63, 3.8) is 0 Å². The molecule has 6 nitrogen and oxygen atoms in total. The van der Waals surface area contributed by atoms with Crippen molar-refractivity contribution in [2.45, 2.75) is 25.8 Å². The number of nitrogens with zero attached hydrogens (tertiary/aromatic N) is 2. The first-order chi connectivity index (χ1) is 8.43. The predicted octanol–water partition coefficient (Wildman–Crippen LogP) is 0.443. The van der Waals surface area contributed by atoms with Crippen LogP contribution in [0.5, 0.6) is 0 Å².